The number of nitriles is 1. The quantitative estimate of drug-likeness (QED) is 0.839. The van der Waals surface area contributed by atoms with E-state index in [4.69, 9.17) is 11.0 Å². The summed E-state index contributed by atoms with van der Waals surface area (Å²) in [5, 5.41) is 8.91. The van der Waals surface area contributed by atoms with Crippen LogP contribution in [0, 0.1) is 23.2 Å². The van der Waals surface area contributed by atoms with Gasteiger partial charge in [0.2, 0.25) is 0 Å². The molecule has 0 amide bonds. The Kier molecular flexibility index (Phi) is 4.99. The van der Waals surface area contributed by atoms with Crippen molar-refractivity contribution in [3.63, 3.8) is 0 Å². The molecule has 0 saturated heterocycles. The number of rotatable bonds is 3. The Hall–Kier alpha value is -1.33. The second kappa shape index (κ2) is 6.73. The van der Waals surface area contributed by atoms with E-state index in [1.54, 1.807) is 0 Å². The third-order valence-corrected chi connectivity index (χ3v) is 4.31. The molecule has 1 aliphatic carbocycles. The zero-order chi connectivity index (χ0) is 13.7. The molecular formula is C17H24N2. The molecule has 1 fully saturated rings. The summed E-state index contributed by atoms with van der Waals surface area (Å²) in [5.41, 5.74) is 8.24. The minimum absolute atomic E-state index is 0.382. The first-order chi connectivity index (χ1) is 9.17. The van der Waals surface area contributed by atoms with Gasteiger partial charge in [-0.1, -0.05) is 31.9 Å². The summed E-state index contributed by atoms with van der Waals surface area (Å²) >= 11 is 0. The monoisotopic (exact) mass is 256 g/mol. The fraction of sp³-hybridized carbons (Fsp3) is 0.588. The first kappa shape index (κ1) is 14.1. The Morgan fingerprint density at radius 3 is 2.95 bits per heavy atom. The molecule has 0 aliphatic heterocycles. The van der Waals surface area contributed by atoms with E-state index in [9.17, 15) is 0 Å². The van der Waals surface area contributed by atoms with Crippen LogP contribution in [0.1, 0.15) is 50.2 Å². The molecule has 3 atom stereocenters. The molecule has 0 radical (unpaired) electrons. The fourth-order valence-electron chi connectivity index (χ4n) is 3.23. The van der Waals surface area contributed by atoms with Crippen molar-refractivity contribution in [2.45, 2.75) is 51.5 Å². The van der Waals surface area contributed by atoms with Crippen molar-refractivity contribution >= 4 is 0 Å². The summed E-state index contributed by atoms with van der Waals surface area (Å²) < 4.78 is 0. The first-order valence-corrected chi connectivity index (χ1v) is 7.42. The third-order valence-electron chi connectivity index (χ3n) is 4.31. The van der Waals surface area contributed by atoms with Crippen LogP contribution in [0.4, 0.5) is 0 Å². The zero-order valence-corrected chi connectivity index (χ0v) is 11.8. The molecule has 19 heavy (non-hydrogen) atoms. The van der Waals surface area contributed by atoms with Crippen molar-refractivity contribution in [2.24, 2.45) is 17.6 Å². The maximum atomic E-state index is 8.91. The SMILES string of the molecule is CC1CCC(CCc2cccc(C#N)c2)CC(N)C1. The summed E-state index contributed by atoms with van der Waals surface area (Å²) in [6.45, 7) is 2.32. The maximum absolute atomic E-state index is 8.91. The molecule has 1 aromatic carbocycles. The van der Waals surface area contributed by atoms with Crippen molar-refractivity contribution < 1.29 is 0 Å². The highest BCUT2D eigenvalue weighted by Crippen LogP contribution is 2.29. The summed E-state index contributed by atoms with van der Waals surface area (Å²) in [7, 11) is 0. The number of nitrogens with zero attached hydrogens (tertiary/aromatic N) is 1. The maximum Gasteiger partial charge on any atom is 0.0991 e. The van der Waals surface area contributed by atoms with Gasteiger partial charge >= 0.3 is 0 Å². The molecule has 0 bridgehead atoms. The Morgan fingerprint density at radius 1 is 1.32 bits per heavy atom. The highest BCUT2D eigenvalue weighted by Gasteiger charge is 2.21. The van der Waals surface area contributed by atoms with Crippen LogP contribution >= 0.6 is 0 Å². The summed E-state index contributed by atoms with van der Waals surface area (Å²) in [4.78, 5) is 0. The van der Waals surface area contributed by atoms with Crippen molar-refractivity contribution in [3.05, 3.63) is 35.4 Å². The van der Waals surface area contributed by atoms with Gasteiger partial charge in [0.1, 0.15) is 0 Å². The molecule has 1 saturated carbocycles. The standard InChI is InChI=1S/C17H24N2/c1-13-5-6-15(11-17(19)9-13)8-7-14-3-2-4-16(10-14)12-18/h2-4,10,13,15,17H,5-9,11,19H2,1H3. The second-order valence-corrected chi connectivity index (χ2v) is 6.13. The van der Waals surface area contributed by atoms with E-state index in [1.807, 2.05) is 18.2 Å². The summed E-state index contributed by atoms with van der Waals surface area (Å²) in [5.74, 6) is 1.53. The van der Waals surface area contributed by atoms with Gasteiger partial charge in [-0.25, -0.2) is 0 Å². The lowest BCUT2D eigenvalue weighted by Gasteiger charge is -2.16. The van der Waals surface area contributed by atoms with Gasteiger partial charge in [0, 0.05) is 6.04 Å². The van der Waals surface area contributed by atoms with Gasteiger partial charge in [0.25, 0.3) is 0 Å². The molecule has 2 heteroatoms. The number of hydrogen-bond donors (Lipinski definition) is 1. The molecule has 2 N–H and O–H groups in total. The second-order valence-electron chi connectivity index (χ2n) is 6.13. The Balaban J connectivity index is 1.89. The predicted molar refractivity (Wildman–Crippen MR) is 78.6 cm³/mol. The summed E-state index contributed by atoms with van der Waals surface area (Å²) in [6.07, 6.45) is 7.25. The van der Waals surface area contributed by atoms with Crippen molar-refractivity contribution in [1.29, 1.82) is 5.26 Å². The average molecular weight is 256 g/mol. The third kappa shape index (κ3) is 4.36. The van der Waals surface area contributed by atoms with Crippen LogP contribution in [0.2, 0.25) is 0 Å². The van der Waals surface area contributed by atoms with Gasteiger partial charge in [-0.05, 0) is 55.2 Å². The highest BCUT2D eigenvalue weighted by atomic mass is 14.6. The van der Waals surface area contributed by atoms with Crippen LogP contribution in [0.25, 0.3) is 0 Å². The van der Waals surface area contributed by atoms with E-state index in [1.165, 1.54) is 37.7 Å². The van der Waals surface area contributed by atoms with E-state index in [2.05, 4.69) is 19.1 Å². The van der Waals surface area contributed by atoms with Gasteiger partial charge in [0.05, 0.1) is 11.6 Å². The van der Waals surface area contributed by atoms with Gasteiger partial charge in [0.15, 0.2) is 0 Å². The van der Waals surface area contributed by atoms with Crippen LogP contribution in [0.5, 0.6) is 0 Å². The largest absolute Gasteiger partial charge is 0.328 e. The average Bonchev–Trinajstić information content (AvgIpc) is 2.57. The van der Waals surface area contributed by atoms with E-state index >= 15 is 0 Å². The van der Waals surface area contributed by atoms with E-state index in [0.29, 0.717) is 6.04 Å². The lowest BCUT2D eigenvalue weighted by Crippen LogP contribution is -2.23. The molecule has 1 aliphatic rings. The zero-order valence-electron chi connectivity index (χ0n) is 11.8. The molecular weight excluding hydrogens is 232 g/mol. The van der Waals surface area contributed by atoms with Gasteiger partial charge in [-0.15, -0.1) is 0 Å². The number of benzene rings is 1. The lowest BCUT2D eigenvalue weighted by atomic mass is 9.91. The van der Waals surface area contributed by atoms with Crippen LogP contribution in [-0.2, 0) is 6.42 Å². The fourth-order valence-corrected chi connectivity index (χ4v) is 3.23. The van der Waals surface area contributed by atoms with Crippen LogP contribution < -0.4 is 5.73 Å². The molecule has 0 aromatic heterocycles. The van der Waals surface area contributed by atoms with Gasteiger partial charge < -0.3 is 5.73 Å². The Labute approximate surface area is 116 Å². The van der Waals surface area contributed by atoms with E-state index < -0.39 is 0 Å². The summed E-state index contributed by atoms with van der Waals surface area (Å²) in [6, 6.07) is 10.6. The number of hydrogen-bond acceptors (Lipinski definition) is 2. The van der Waals surface area contributed by atoms with Crippen LogP contribution in [0.15, 0.2) is 24.3 Å². The molecule has 3 unspecified atom stereocenters. The normalized spacial score (nSPS) is 27.5. The van der Waals surface area contributed by atoms with E-state index in [0.717, 1.165) is 23.8 Å². The predicted octanol–water partition coefficient (Wildman–Crippen LogP) is 3.64. The molecule has 2 nitrogen and oxygen atoms in total. The highest BCUT2D eigenvalue weighted by molar-refractivity contribution is 5.32. The lowest BCUT2D eigenvalue weighted by molar-refractivity contribution is 0.405. The molecule has 1 aromatic rings. The van der Waals surface area contributed by atoms with Gasteiger partial charge in [-0.2, -0.15) is 5.26 Å². The first-order valence-electron chi connectivity index (χ1n) is 7.42. The minimum atomic E-state index is 0.382. The van der Waals surface area contributed by atoms with Crippen molar-refractivity contribution in [2.75, 3.05) is 0 Å². The van der Waals surface area contributed by atoms with Crippen LogP contribution in [-0.4, -0.2) is 6.04 Å². The minimum Gasteiger partial charge on any atom is -0.328 e. The molecule has 2 rings (SSSR count). The smallest absolute Gasteiger partial charge is 0.0991 e. The molecule has 0 spiro atoms. The molecule has 0 heterocycles. The number of nitrogens with two attached hydrogens (primary N) is 1. The van der Waals surface area contributed by atoms with E-state index in [-0.39, 0.29) is 0 Å². The van der Waals surface area contributed by atoms with Crippen LogP contribution in [0.3, 0.4) is 0 Å². The van der Waals surface area contributed by atoms with Gasteiger partial charge in [-0.3, -0.25) is 0 Å². The molecule has 102 valence electrons. The topological polar surface area (TPSA) is 49.8 Å². The van der Waals surface area contributed by atoms with Crippen molar-refractivity contribution in [3.8, 4) is 6.07 Å². The number of aryl methyl sites for hydroxylation is 1. The Bertz CT molecular complexity index is 447. The van der Waals surface area contributed by atoms with Crippen molar-refractivity contribution in [1.82, 2.24) is 0 Å². The Morgan fingerprint density at radius 2 is 2.16 bits per heavy atom.